The lowest BCUT2D eigenvalue weighted by Crippen LogP contribution is -2.49. The predicted octanol–water partition coefficient (Wildman–Crippen LogP) is 2.76. The standard InChI is InChI=1S/C15H19N3/c1-18-9-13(8-16)14(17-18)15-5-10-2-11(6-15)4-12(3-10)7-15/h9-12H,2-7H2,1H3. The van der Waals surface area contributed by atoms with Gasteiger partial charge in [0, 0.05) is 18.7 Å². The van der Waals surface area contributed by atoms with Crippen molar-refractivity contribution in [2.45, 2.75) is 43.9 Å². The molecule has 0 aromatic carbocycles. The molecule has 4 saturated carbocycles. The number of aryl methyl sites for hydroxylation is 1. The van der Waals surface area contributed by atoms with Crippen LogP contribution in [0.5, 0.6) is 0 Å². The van der Waals surface area contributed by atoms with Crippen LogP contribution in [-0.4, -0.2) is 9.78 Å². The van der Waals surface area contributed by atoms with Crippen LogP contribution in [-0.2, 0) is 12.5 Å². The van der Waals surface area contributed by atoms with Gasteiger partial charge in [-0.2, -0.15) is 10.4 Å². The van der Waals surface area contributed by atoms with Gasteiger partial charge in [0.25, 0.3) is 0 Å². The smallest absolute Gasteiger partial charge is 0.103 e. The summed E-state index contributed by atoms with van der Waals surface area (Å²) >= 11 is 0. The first kappa shape index (κ1) is 10.6. The van der Waals surface area contributed by atoms with E-state index in [1.807, 2.05) is 17.9 Å². The quantitative estimate of drug-likeness (QED) is 0.758. The van der Waals surface area contributed by atoms with Crippen LogP contribution < -0.4 is 0 Å². The molecule has 0 N–H and O–H groups in total. The van der Waals surface area contributed by atoms with Crippen molar-refractivity contribution in [3.05, 3.63) is 17.5 Å². The van der Waals surface area contributed by atoms with Crippen molar-refractivity contribution in [1.29, 1.82) is 5.26 Å². The molecule has 0 saturated heterocycles. The first-order valence-electron chi connectivity index (χ1n) is 7.13. The maximum absolute atomic E-state index is 9.33. The average molecular weight is 241 g/mol. The largest absolute Gasteiger partial charge is 0.274 e. The van der Waals surface area contributed by atoms with Crippen molar-refractivity contribution in [2.24, 2.45) is 24.8 Å². The molecular formula is C15H19N3. The Bertz CT molecular complexity index is 499. The van der Waals surface area contributed by atoms with Crippen LogP contribution in [0.2, 0.25) is 0 Å². The van der Waals surface area contributed by atoms with Gasteiger partial charge in [-0.3, -0.25) is 4.68 Å². The van der Waals surface area contributed by atoms with Gasteiger partial charge in [-0.15, -0.1) is 0 Å². The normalized spacial score (nSPS) is 41.0. The van der Waals surface area contributed by atoms with Crippen LogP contribution in [0, 0.1) is 29.1 Å². The third-order valence-electron chi connectivity index (χ3n) is 5.49. The fraction of sp³-hybridized carbons (Fsp3) is 0.733. The summed E-state index contributed by atoms with van der Waals surface area (Å²) in [6.45, 7) is 0. The van der Waals surface area contributed by atoms with E-state index < -0.39 is 0 Å². The molecule has 0 spiro atoms. The van der Waals surface area contributed by atoms with Crippen LogP contribution >= 0.6 is 0 Å². The van der Waals surface area contributed by atoms with Crippen molar-refractivity contribution >= 4 is 0 Å². The number of rotatable bonds is 1. The van der Waals surface area contributed by atoms with Crippen molar-refractivity contribution in [2.75, 3.05) is 0 Å². The summed E-state index contributed by atoms with van der Waals surface area (Å²) in [5.74, 6) is 2.72. The molecule has 5 rings (SSSR count). The van der Waals surface area contributed by atoms with Gasteiger partial charge >= 0.3 is 0 Å². The van der Waals surface area contributed by atoms with Crippen LogP contribution in [0.15, 0.2) is 6.20 Å². The van der Waals surface area contributed by atoms with Crippen LogP contribution in [0.25, 0.3) is 0 Å². The number of aromatic nitrogens is 2. The highest BCUT2D eigenvalue weighted by Gasteiger charge is 2.53. The van der Waals surface area contributed by atoms with Crippen molar-refractivity contribution in [3.8, 4) is 6.07 Å². The molecule has 18 heavy (non-hydrogen) atoms. The second kappa shape index (κ2) is 3.38. The molecule has 4 aliphatic carbocycles. The third kappa shape index (κ3) is 1.32. The Labute approximate surface area is 108 Å². The van der Waals surface area contributed by atoms with Gasteiger partial charge in [0.1, 0.15) is 6.07 Å². The highest BCUT2D eigenvalue weighted by atomic mass is 15.3. The molecule has 0 unspecified atom stereocenters. The van der Waals surface area contributed by atoms with E-state index in [4.69, 9.17) is 0 Å². The lowest BCUT2D eigenvalue weighted by atomic mass is 9.48. The van der Waals surface area contributed by atoms with Gasteiger partial charge in [0.05, 0.1) is 11.3 Å². The number of hydrogen-bond acceptors (Lipinski definition) is 2. The zero-order valence-electron chi connectivity index (χ0n) is 10.9. The van der Waals surface area contributed by atoms with E-state index in [9.17, 15) is 5.26 Å². The molecule has 4 fully saturated rings. The molecule has 1 aromatic rings. The van der Waals surface area contributed by atoms with Gasteiger partial charge in [-0.1, -0.05) is 0 Å². The Hall–Kier alpha value is -1.30. The number of nitrogens with zero attached hydrogens (tertiary/aromatic N) is 3. The van der Waals surface area contributed by atoms with E-state index in [0.717, 1.165) is 29.0 Å². The highest BCUT2D eigenvalue weighted by Crippen LogP contribution is 2.60. The molecule has 1 heterocycles. The molecule has 3 nitrogen and oxygen atoms in total. The molecule has 0 radical (unpaired) electrons. The molecule has 4 bridgehead atoms. The predicted molar refractivity (Wildman–Crippen MR) is 67.8 cm³/mol. The Balaban J connectivity index is 1.81. The van der Waals surface area contributed by atoms with E-state index in [-0.39, 0.29) is 5.41 Å². The fourth-order valence-electron chi connectivity index (χ4n) is 5.36. The molecule has 94 valence electrons. The molecule has 0 aliphatic heterocycles. The summed E-state index contributed by atoms with van der Waals surface area (Å²) in [6, 6.07) is 2.36. The number of nitriles is 1. The van der Waals surface area contributed by atoms with Gasteiger partial charge in [0.2, 0.25) is 0 Å². The Morgan fingerprint density at radius 1 is 1.22 bits per heavy atom. The molecule has 0 amide bonds. The van der Waals surface area contributed by atoms with E-state index in [1.54, 1.807) is 0 Å². The van der Waals surface area contributed by atoms with Gasteiger partial charge in [-0.05, 0) is 56.3 Å². The van der Waals surface area contributed by atoms with Crippen LogP contribution in [0.4, 0.5) is 0 Å². The number of hydrogen-bond donors (Lipinski definition) is 0. The van der Waals surface area contributed by atoms with Gasteiger partial charge < -0.3 is 0 Å². The summed E-state index contributed by atoms with van der Waals surface area (Å²) in [5.41, 5.74) is 2.19. The zero-order valence-corrected chi connectivity index (χ0v) is 10.9. The Kier molecular flexibility index (Phi) is 1.99. The first-order chi connectivity index (χ1) is 8.68. The van der Waals surface area contributed by atoms with E-state index in [0.29, 0.717) is 0 Å². The van der Waals surface area contributed by atoms with E-state index in [2.05, 4.69) is 11.2 Å². The van der Waals surface area contributed by atoms with Crippen molar-refractivity contribution in [3.63, 3.8) is 0 Å². The first-order valence-corrected chi connectivity index (χ1v) is 7.13. The molecular weight excluding hydrogens is 222 g/mol. The summed E-state index contributed by atoms with van der Waals surface area (Å²) in [4.78, 5) is 0. The topological polar surface area (TPSA) is 41.6 Å². The van der Waals surface area contributed by atoms with E-state index >= 15 is 0 Å². The van der Waals surface area contributed by atoms with Crippen molar-refractivity contribution < 1.29 is 0 Å². The highest BCUT2D eigenvalue weighted by molar-refractivity contribution is 5.38. The van der Waals surface area contributed by atoms with Crippen LogP contribution in [0.1, 0.15) is 49.8 Å². The van der Waals surface area contributed by atoms with Crippen LogP contribution in [0.3, 0.4) is 0 Å². The Morgan fingerprint density at radius 3 is 2.28 bits per heavy atom. The minimum absolute atomic E-state index is 0.251. The average Bonchev–Trinajstić information content (AvgIpc) is 2.69. The SMILES string of the molecule is Cn1cc(C#N)c(C23CC4CC(CC(C4)C2)C3)n1. The van der Waals surface area contributed by atoms with Gasteiger partial charge in [-0.25, -0.2) is 0 Å². The second-order valence-corrected chi connectivity index (χ2v) is 6.87. The summed E-state index contributed by atoms with van der Waals surface area (Å²) in [6.07, 6.45) is 10.1. The maximum atomic E-state index is 9.33. The molecule has 1 aromatic heterocycles. The molecule has 3 heteroatoms. The fourth-order valence-corrected chi connectivity index (χ4v) is 5.36. The summed E-state index contributed by atoms with van der Waals surface area (Å²) in [5, 5.41) is 14.0. The Morgan fingerprint density at radius 2 is 1.78 bits per heavy atom. The minimum Gasteiger partial charge on any atom is -0.274 e. The molecule has 0 atom stereocenters. The maximum Gasteiger partial charge on any atom is 0.103 e. The third-order valence-corrected chi connectivity index (χ3v) is 5.49. The lowest BCUT2D eigenvalue weighted by molar-refractivity contribution is -0.00754. The zero-order chi connectivity index (χ0) is 12.3. The monoisotopic (exact) mass is 241 g/mol. The molecule has 4 aliphatic rings. The van der Waals surface area contributed by atoms with Crippen molar-refractivity contribution in [1.82, 2.24) is 9.78 Å². The van der Waals surface area contributed by atoms with E-state index in [1.165, 1.54) is 38.5 Å². The second-order valence-electron chi connectivity index (χ2n) is 6.87. The lowest BCUT2D eigenvalue weighted by Gasteiger charge is -2.56. The summed E-state index contributed by atoms with van der Waals surface area (Å²) in [7, 11) is 1.94. The van der Waals surface area contributed by atoms with Gasteiger partial charge in [0.15, 0.2) is 0 Å². The summed E-state index contributed by atoms with van der Waals surface area (Å²) < 4.78 is 1.83. The minimum atomic E-state index is 0.251.